The standard InChI is InChI=1S/C12H21N5O/c1-15(2)12(18)10-8-13-4-7-17(10)9-11-14-5-6-16(11)3/h5-6,10,13H,4,7-9H2,1-3H3. The monoisotopic (exact) mass is 251 g/mol. The Labute approximate surface area is 108 Å². The van der Waals surface area contributed by atoms with Gasteiger partial charge in [0.2, 0.25) is 5.91 Å². The fraction of sp³-hybridized carbons (Fsp3) is 0.667. The van der Waals surface area contributed by atoms with E-state index in [4.69, 9.17) is 0 Å². The number of rotatable bonds is 3. The molecule has 1 aromatic rings. The molecule has 2 heterocycles. The van der Waals surface area contributed by atoms with E-state index in [2.05, 4.69) is 15.2 Å². The van der Waals surface area contributed by atoms with Crippen LogP contribution in [0, 0.1) is 0 Å². The van der Waals surface area contributed by atoms with E-state index in [1.807, 2.05) is 17.8 Å². The Morgan fingerprint density at radius 2 is 2.39 bits per heavy atom. The molecule has 0 saturated carbocycles. The molecule has 0 spiro atoms. The van der Waals surface area contributed by atoms with Crippen LogP contribution in [0.15, 0.2) is 12.4 Å². The normalized spacial score (nSPS) is 20.9. The highest BCUT2D eigenvalue weighted by atomic mass is 16.2. The van der Waals surface area contributed by atoms with Gasteiger partial charge in [0.05, 0.1) is 6.54 Å². The number of aryl methyl sites for hydroxylation is 1. The number of hydrogen-bond donors (Lipinski definition) is 1. The van der Waals surface area contributed by atoms with Crippen LogP contribution in [-0.4, -0.2) is 65.0 Å². The van der Waals surface area contributed by atoms with Crippen molar-refractivity contribution < 1.29 is 4.79 Å². The largest absolute Gasteiger partial charge is 0.347 e. The number of aromatic nitrogens is 2. The summed E-state index contributed by atoms with van der Waals surface area (Å²) in [7, 11) is 5.58. The third-order valence-corrected chi connectivity index (χ3v) is 3.35. The highest BCUT2D eigenvalue weighted by molar-refractivity contribution is 5.81. The molecule has 100 valence electrons. The Bertz CT molecular complexity index is 414. The van der Waals surface area contributed by atoms with Gasteiger partial charge < -0.3 is 14.8 Å². The number of nitrogens with one attached hydrogen (secondary N) is 1. The number of imidazole rings is 1. The van der Waals surface area contributed by atoms with Crippen molar-refractivity contribution in [2.24, 2.45) is 7.05 Å². The van der Waals surface area contributed by atoms with Gasteiger partial charge in [-0.15, -0.1) is 0 Å². The van der Waals surface area contributed by atoms with Crippen molar-refractivity contribution in [1.82, 2.24) is 24.7 Å². The molecule has 0 bridgehead atoms. The van der Waals surface area contributed by atoms with E-state index in [-0.39, 0.29) is 11.9 Å². The molecule has 1 fully saturated rings. The van der Waals surface area contributed by atoms with Gasteiger partial charge in [-0.2, -0.15) is 0 Å². The summed E-state index contributed by atoms with van der Waals surface area (Å²) < 4.78 is 2.00. The molecule has 6 heteroatoms. The minimum absolute atomic E-state index is 0.0922. The van der Waals surface area contributed by atoms with E-state index in [1.165, 1.54) is 0 Å². The number of amides is 1. The molecule has 1 aliphatic rings. The van der Waals surface area contributed by atoms with Gasteiger partial charge in [0.1, 0.15) is 11.9 Å². The summed E-state index contributed by atoms with van der Waals surface area (Å²) in [5.74, 6) is 1.14. The number of nitrogens with zero attached hydrogens (tertiary/aromatic N) is 4. The number of likely N-dealkylation sites (N-methyl/N-ethyl adjacent to an activating group) is 1. The molecule has 1 amide bonds. The van der Waals surface area contributed by atoms with Crippen LogP contribution < -0.4 is 5.32 Å². The molecule has 2 rings (SSSR count). The Balaban J connectivity index is 2.09. The predicted molar refractivity (Wildman–Crippen MR) is 69.0 cm³/mol. The van der Waals surface area contributed by atoms with E-state index < -0.39 is 0 Å². The zero-order chi connectivity index (χ0) is 13.1. The lowest BCUT2D eigenvalue weighted by Gasteiger charge is -2.36. The maximum atomic E-state index is 12.1. The van der Waals surface area contributed by atoms with Gasteiger partial charge in [-0.25, -0.2) is 4.98 Å². The number of piperazine rings is 1. The first-order valence-corrected chi connectivity index (χ1v) is 6.21. The average molecular weight is 251 g/mol. The van der Waals surface area contributed by atoms with Gasteiger partial charge in [0.15, 0.2) is 0 Å². The van der Waals surface area contributed by atoms with Gasteiger partial charge in [-0.05, 0) is 0 Å². The lowest BCUT2D eigenvalue weighted by atomic mass is 10.1. The van der Waals surface area contributed by atoms with Crippen molar-refractivity contribution in [1.29, 1.82) is 0 Å². The third-order valence-electron chi connectivity index (χ3n) is 3.35. The van der Waals surface area contributed by atoms with E-state index in [1.54, 1.807) is 25.2 Å². The molecule has 1 aliphatic heterocycles. The topological polar surface area (TPSA) is 53.4 Å². The SMILES string of the molecule is CN(C)C(=O)C1CNCCN1Cc1nccn1C. The van der Waals surface area contributed by atoms with Crippen molar-refractivity contribution in [3.63, 3.8) is 0 Å². The summed E-state index contributed by atoms with van der Waals surface area (Å²) in [5.41, 5.74) is 0. The molecule has 1 saturated heterocycles. The summed E-state index contributed by atoms with van der Waals surface area (Å²) in [5, 5.41) is 3.28. The molecule has 0 radical (unpaired) electrons. The van der Waals surface area contributed by atoms with Gasteiger partial charge in [0, 0.05) is 53.2 Å². The molecular weight excluding hydrogens is 230 g/mol. The van der Waals surface area contributed by atoms with E-state index in [0.717, 1.165) is 25.5 Å². The van der Waals surface area contributed by atoms with Crippen LogP contribution in [0.2, 0.25) is 0 Å². The zero-order valence-electron chi connectivity index (χ0n) is 11.3. The molecule has 1 aromatic heterocycles. The second-order valence-corrected chi connectivity index (χ2v) is 4.88. The van der Waals surface area contributed by atoms with Gasteiger partial charge in [0.25, 0.3) is 0 Å². The van der Waals surface area contributed by atoms with Crippen molar-refractivity contribution >= 4 is 5.91 Å². The first kappa shape index (κ1) is 13.0. The molecule has 1 atom stereocenters. The lowest BCUT2D eigenvalue weighted by Crippen LogP contribution is -2.57. The van der Waals surface area contributed by atoms with Crippen molar-refractivity contribution in [2.75, 3.05) is 33.7 Å². The first-order valence-electron chi connectivity index (χ1n) is 6.21. The summed E-state index contributed by atoms with van der Waals surface area (Å²) >= 11 is 0. The predicted octanol–water partition coefficient (Wildman–Crippen LogP) is -0.718. The molecule has 1 N–H and O–H groups in total. The molecule has 0 aromatic carbocycles. The highest BCUT2D eigenvalue weighted by Gasteiger charge is 2.30. The molecule has 0 aliphatic carbocycles. The first-order chi connectivity index (χ1) is 8.59. The maximum Gasteiger partial charge on any atom is 0.240 e. The minimum atomic E-state index is -0.0922. The maximum absolute atomic E-state index is 12.1. The van der Waals surface area contributed by atoms with Gasteiger partial charge in [-0.1, -0.05) is 0 Å². The van der Waals surface area contributed by atoms with Crippen LogP contribution in [0.5, 0.6) is 0 Å². The van der Waals surface area contributed by atoms with Crippen molar-refractivity contribution in [3.8, 4) is 0 Å². The molecule has 6 nitrogen and oxygen atoms in total. The zero-order valence-corrected chi connectivity index (χ0v) is 11.3. The number of hydrogen-bond acceptors (Lipinski definition) is 4. The van der Waals surface area contributed by atoms with Gasteiger partial charge >= 0.3 is 0 Å². The highest BCUT2D eigenvalue weighted by Crippen LogP contribution is 2.10. The third kappa shape index (κ3) is 2.70. The van der Waals surface area contributed by atoms with E-state index >= 15 is 0 Å². The lowest BCUT2D eigenvalue weighted by molar-refractivity contribution is -0.135. The molecule has 1 unspecified atom stereocenters. The van der Waals surface area contributed by atoms with Crippen LogP contribution >= 0.6 is 0 Å². The smallest absolute Gasteiger partial charge is 0.240 e. The minimum Gasteiger partial charge on any atom is -0.347 e. The summed E-state index contributed by atoms with van der Waals surface area (Å²) in [6, 6.07) is -0.0922. The summed E-state index contributed by atoms with van der Waals surface area (Å²) in [6.45, 7) is 3.22. The van der Waals surface area contributed by atoms with Crippen LogP contribution in [-0.2, 0) is 18.4 Å². The second kappa shape index (κ2) is 5.49. The van der Waals surface area contributed by atoms with E-state index in [9.17, 15) is 4.79 Å². The Morgan fingerprint density at radius 3 is 3.00 bits per heavy atom. The summed E-state index contributed by atoms with van der Waals surface area (Å²) in [4.78, 5) is 20.3. The van der Waals surface area contributed by atoms with Gasteiger partial charge in [-0.3, -0.25) is 9.69 Å². The van der Waals surface area contributed by atoms with Crippen molar-refractivity contribution in [2.45, 2.75) is 12.6 Å². The Hall–Kier alpha value is -1.40. The second-order valence-electron chi connectivity index (χ2n) is 4.88. The van der Waals surface area contributed by atoms with Crippen molar-refractivity contribution in [3.05, 3.63) is 18.2 Å². The summed E-state index contributed by atoms with van der Waals surface area (Å²) in [6.07, 6.45) is 3.72. The fourth-order valence-corrected chi connectivity index (χ4v) is 2.21. The van der Waals surface area contributed by atoms with Crippen LogP contribution in [0.25, 0.3) is 0 Å². The van der Waals surface area contributed by atoms with Crippen LogP contribution in [0.1, 0.15) is 5.82 Å². The number of carbonyl (C=O) groups excluding carboxylic acids is 1. The molecule has 18 heavy (non-hydrogen) atoms. The molecular formula is C12H21N5O. The quantitative estimate of drug-likeness (QED) is 0.770. The number of carbonyl (C=O) groups is 1. The Kier molecular flexibility index (Phi) is 3.98. The Morgan fingerprint density at radius 1 is 1.61 bits per heavy atom. The fourth-order valence-electron chi connectivity index (χ4n) is 2.21. The van der Waals surface area contributed by atoms with Crippen LogP contribution in [0.3, 0.4) is 0 Å². The van der Waals surface area contributed by atoms with Crippen LogP contribution in [0.4, 0.5) is 0 Å². The van der Waals surface area contributed by atoms with E-state index in [0.29, 0.717) is 6.54 Å². The average Bonchev–Trinajstić information content (AvgIpc) is 2.75.